The van der Waals surface area contributed by atoms with E-state index in [2.05, 4.69) is 4.74 Å². The maximum atomic E-state index is 11.1. The van der Waals surface area contributed by atoms with Gasteiger partial charge in [0.2, 0.25) is 0 Å². The fourth-order valence-electron chi connectivity index (χ4n) is 1.52. The monoisotopic (exact) mass is 271 g/mol. The molecule has 1 aromatic rings. The summed E-state index contributed by atoms with van der Waals surface area (Å²) < 4.78 is 9.70. The zero-order valence-corrected chi connectivity index (χ0v) is 10.8. The van der Waals surface area contributed by atoms with Gasteiger partial charge in [-0.1, -0.05) is 36.4 Å². The lowest BCUT2D eigenvalue weighted by Gasteiger charge is -1.98. The minimum atomic E-state index is -0.747. The molecule has 1 heterocycles. The van der Waals surface area contributed by atoms with E-state index < -0.39 is 12.0 Å². The van der Waals surface area contributed by atoms with Crippen molar-refractivity contribution >= 4 is 18.1 Å². The van der Waals surface area contributed by atoms with Crippen molar-refractivity contribution in [1.29, 1.82) is 0 Å². The Kier molecular flexibility index (Phi) is 4.34. The van der Waals surface area contributed by atoms with Crippen LogP contribution >= 0.6 is 0 Å². The average Bonchev–Trinajstić information content (AvgIpc) is 2.77. The second-order valence-corrected chi connectivity index (χ2v) is 3.89. The Morgan fingerprint density at radius 3 is 2.45 bits per heavy atom. The number of alkyl carbamates (subject to hydrolysis) is 1. The SMILES string of the molecule is COc1ccc(C=CC=CC=C2OC(=O)NC2=O)cc1. The van der Waals surface area contributed by atoms with Crippen molar-refractivity contribution in [2.24, 2.45) is 0 Å². The first-order chi connectivity index (χ1) is 9.69. The van der Waals surface area contributed by atoms with Crippen molar-refractivity contribution in [2.45, 2.75) is 0 Å². The van der Waals surface area contributed by atoms with Crippen molar-refractivity contribution in [1.82, 2.24) is 5.32 Å². The van der Waals surface area contributed by atoms with Crippen LogP contribution in [0.2, 0.25) is 0 Å². The molecule has 1 fully saturated rings. The Morgan fingerprint density at radius 2 is 1.85 bits per heavy atom. The third kappa shape index (κ3) is 3.58. The number of hydrogen-bond donors (Lipinski definition) is 1. The molecule has 0 spiro atoms. The normalized spacial score (nSPS) is 16.9. The van der Waals surface area contributed by atoms with Gasteiger partial charge in [-0.15, -0.1) is 0 Å². The van der Waals surface area contributed by atoms with E-state index in [1.807, 2.05) is 41.7 Å². The third-order valence-electron chi connectivity index (χ3n) is 2.52. The molecule has 2 amide bonds. The van der Waals surface area contributed by atoms with E-state index in [-0.39, 0.29) is 5.76 Å². The van der Waals surface area contributed by atoms with Crippen molar-refractivity contribution < 1.29 is 19.1 Å². The Hall–Kier alpha value is -2.82. The van der Waals surface area contributed by atoms with E-state index in [4.69, 9.17) is 4.74 Å². The van der Waals surface area contributed by atoms with Gasteiger partial charge in [0.05, 0.1) is 7.11 Å². The highest BCUT2D eigenvalue weighted by molar-refractivity contribution is 6.07. The summed E-state index contributed by atoms with van der Waals surface area (Å²) in [6, 6.07) is 7.59. The average molecular weight is 271 g/mol. The molecule has 1 aliphatic heterocycles. The molecule has 20 heavy (non-hydrogen) atoms. The number of carbonyl (C=O) groups excluding carboxylic acids is 2. The smallest absolute Gasteiger partial charge is 0.419 e. The van der Waals surface area contributed by atoms with Crippen LogP contribution in [-0.4, -0.2) is 19.1 Å². The van der Waals surface area contributed by atoms with Crippen LogP contribution in [0, 0.1) is 0 Å². The number of methoxy groups -OCH3 is 1. The first-order valence-electron chi connectivity index (χ1n) is 5.91. The largest absolute Gasteiger partial charge is 0.497 e. The second-order valence-electron chi connectivity index (χ2n) is 3.89. The van der Waals surface area contributed by atoms with Gasteiger partial charge in [0.1, 0.15) is 5.75 Å². The summed E-state index contributed by atoms with van der Waals surface area (Å²) in [5, 5.41) is 2.01. The summed E-state index contributed by atoms with van der Waals surface area (Å²) in [6.45, 7) is 0. The molecule has 0 radical (unpaired) electrons. The number of imide groups is 1. The molecule has 102 valence electrons. The highest BCUT2D eigenvalue weighted by Crippen LogP contribution is 2.12. The van der Waals surface area contributed by atoms with Gasteiger partial charge in [-0.3, -0.25) is 10.1 Å². The molecule has 2 rings (SSSR count). The first kappa shape index (κ1) is 13.6. The van der Waals surface area contributed by atoms with E-state index in [9.17, 15) is 9.59 Å². The van der Waals surface area contributed by atoms with Crippen LogP contribution in [0.1, 0.15) is 5.56 Å². The molecule has 0 saturated carbocycles. The lowest BCUT2D eigenvalue weighted by molar-refractivity contribution is -0.116. The number of nitrogens with one attached hydrogen (secondary N) is 1. The molecule has 0 bridgehead atoms. The summed E-state index contributed by atoms with van der Waals surface area (Å²) in [4.78, 5) is 21.9. The number of rotatable bonds is 4. The van der Waals surface area contributed by atoms with Crippen LogP contribution in [0.4, 0.5) is 4.79 Å². The van der Waals surface area contributed by atoms with Crippen LogP contribution in [-0.2, 0) is 9.53 Å². The highest BCUT2D eigenvalue weighted by atomic mass is 16.6. The summed E-state index contributed by atoms with van der Waals surface area (Å²) >= 11 is 0. The quantitative estimate of drug-likeness (QED) is 0.674. The fourth-order valence-corrected chi connectivity index (χ4v) is 1.52. The molecule has 5 nitrogen and oxygen atoms in total. The lowest BCUT2D eigenvalue weighted by Crippen LogP contribution is -2.18. The summed E-state index contributed by atoms with van der Waals surface area (Å²) in [5.74, 6) is 0.263. The predicted octanol–water partition coefficient (Wildman–Crippen LogP) is 2.41. The second kappa shape index (κ2) is 6.38. The number of benzene rings is 1. The van der Waals surface area contributed by atoms with E-state index in [1.54, 1.807) is 19.3 Å². The van der Waals surface area contributed by atoms with Crippen molar-refractivity contribution in [2.75, 3.05) is 7.11 Å². The van der Waals surface area contributed by atoms with Gasteiger partial charge < -0.3 is 9.47 Å². The van der Waals surface area contributed by atoms with E-state index >= 15 is 0 Å². The Bertz CT molecular complexity index is 597. The molecule has 5 heteroatoms. The van der Waals surface area contributed by atoms with Crippen LogP contribution in [0.15, 0.2) is 54.3 Å². The standard InChI is InChI=1S/C15H13NO4/c1-19-12-9-7-11(8-10-12)5-3-2-4-6-13-14(17)16-15(18)20-13/h2-10H,1H3,(H,16,17,18). The Balaban J connectivity index is 1.92. The minimum absolute atomic E-state index is 0.0101. The maximum Gasteiger partial charge on any atom is 0.419 e. The van der Waals surface area contributed by atoms with Gasteiger partial charge in [-0.25, -0.2) is 4.79 Å². The van der Waals surface area contributed by atoms with Gasteiger partial charge in [0, 0.05) is 0 Å². The van der Waals surface area contributed by atoms with E-state index in [0.29, 0.717) is 0 Å². The Morgan fingerprint density at radius 1 is 1.10 bits per heavy atom. The van der Waals surface area contributed by atoms with Gasteiger partial charge in [0.25, 0.3) is 5.91 Å². The molecule has 1 aliphatic rings. The number of ether oxygens (including phenoxy) is 2. The molecule has 0 aromatic heterocycles. The van der Waals surface area contributed by atoms with E-state index in [1.165, 1.54) is 6.08 Å². The van der Waals surface area contributed by atoms with Crippen molar-refractivity contribution in [3.63, 3.8) is 0 Å². The number of cyclic esters (lactones) is 1. The Labute approximate surface area is 116 Å². The molecule has 0 atom stereocenters. The topological polar surface area (TPSA) is 64.6 Å². The van der Waals surface area contributed by atoms with Gasteiger partial charge in [-0.2, -0.15) is 0 Å². The van der Waals surface area contributed by atoms with Crippen LogP contribution < -0.4 is 10.1 Å². The summed E-state index contributed by atoms with van der Waals surface area (Å²) in [5.41, 5.74) is 1.02. The minimum Gasteiger partial charge on any atom is -0.497 e. The number of carbonyl (C=O) groups is 2. The van der Waals surface area contributed by atoms with Gasteiger partial charge in [0.15, 0.2) is 5.76 Å². The molecule has 0 unspecified atom stereocenters. The van der Waals surface area contributed by atoms with Crippen LogP contribution in [0.5, 0.6) is 5.75 Å². The third-order valence-corrected chi connectivity index (χ3v) is 2.52. The number of allylic oxidation sites excluding steroid dienone is 4. The van der Waals surface area contributed by atoms with Crippen LogP contribution in [0.25, 0.3) is 6.08 Å². The molecule has 0 aliphatic carbocycles. The molecular weight excluding hydrogens is 258 g/mol. The summed E-state index contributed by atoms with van der Waals surface area (Å²) in [6.07, 6.45) is 7.74. The molecule has 1 aromatic carbocycles. The number of amides is 2. The molecule has 1 N–H and O–H groups in total. The number of hydrogen-bond acceptors (Lipinski definition) is 4. The van der Waals surface area contributed by atoms with Crippen molar-refractivity contribution in [3.8, 4) is 5.75 Å². The highest BCUT2D eigenvalue weighted by Gasteiger charge is 2.24. The fraction of sp³-hybridized carbons (Fsp3) is 0.0667. The van der Waals surface area contributed by atoms with Gasteiger partial charge in [-0.05, 0) is 23.8 Å². The molecule has 1 saturated heterocycles. The van der Waals surface area contributed by atoms with Crippen LogP contribution in [0.3, 0.4) is 0 Å². The summed E-state index contributed by atoms with van der Waals surface area (Å²) in [7, 11) is 1.62. The zero-order valence-electron chi connectivity index (χ0n) is 10.8. The van der Waals surface area contributed by atoms with Gasteiger partial charge >= 0.3 is 6.09 Å². The molecular formula is C15H13NO4. The maximum absolute atomic E-state index is 11.1. The zero-order chi connectivity index (χ0) is 14.4. The first-order valence-corrected chi connectivity index (χ1v) is 5.91. The van der Waals surface area contributed by atoms with Crippen molar-refractivity contribution in [3.05, 3.63) is 59.9 Å². The predicted molar refractivity (Wildman–Crippen MR) is 73.9 cm³/mol. The van der Waals surface area contributed by atoms with E-state index in [0.717, 1.165) is 11.3 Å². The lowest BCUT2D eigenvalue weighted by atomic mass is 10.2.